The number of rotatable bonds is 10. The largest absolute Gasteiger partial charge is 0.464 e. The van der Waals surface area contributed by atoms with Crippen LogP contribution in [0.5, 0.6) is 0 Å². The Kier molecular flexibility index (Phi) is 15.8. The number of cyclic esters (lactones) is 1. The van der Waals surface area contributed by atoms with E-state index in [-0.39, 0.29) is 60.7 Å². The Morgan fingerprint density at radius 1 is 0.975 bits per heavy atom. The molecule has 8 atom stereocenters. The van der Waals surface area contributed by atoms with E-state index in [1.165, 1.54) is 9.58 Å². The number of nitrogens with one attached hydrogen (secondary N) is 3. The number of likely N-dealkylation sites (tertiary alicyclic amines) is 2. The van der Waals surface area contributed by atoms with Gasteiger partial charge in [0.1, 0.15) is 18.6 Å². The normalized spacial score (nSPS) is 29.6. The van der Waals surface area contributed by atoms with Crippen molar-refractivity contribution in [1.29, 1.82) is 0 Å². The molecule has 2 unspecified atom stereocenters. The molecule has 3 N–H and O–H groups in total. The van der Waals surface area contributed by atoms with E-state index in [4.69, 9.17) is 19.2 Å². The molecular formula is C60H82F3N11O7. The average Bonchev–Trinajstić information content (AvgIpc) is 3.43. The van der Waals surface area contributed by atoms with E-state index in [2.05, 4.69) is 41.7 Å². The monoisotopic (exact) mass is 1130 g/mol. The number of amides is 3. The van der Waals surface area contributed by atoms with Gasteiger partial charge in [-0.3, -0.25) is 43.9 Å². The molecule has 10 heterocycles. The number of nitrogens with zero attached hydrogens (tertiary/aromatic N) is 8. The first-order valence-corrected chi connectivity index (χ1v) is 30.0. The molecule has 9 aliphatic rings. The number of alkyl halides is 3. The van der Waals surface area contributed by atoms with Gasteiger partial charge in [0.2, 0.25) is 11.8 Å². The zero-order valence-corrected chi connectivity index (χ0v) is 47.7. The number of piperazine rings is 1. The van der Waals surface area contributed by atoms with Crippen LogP contribution in [0, 0.1) is 16.7 Å². The lowest BCUT2D eigenvalue weighted by Crippen LogP contribution is -2.63. The topological polar surface area (TPSA) is 179 Å². The van der Waals surface area contributed by atoms with Crippen LogP contribution >= 0.6 is 0 Å². The van der Waals surface area contributed by atoms with Crippen molar-refractivity contribution >= 4 is 45.9 Å². The predicted molar refractivity (Wildman–Crippen MR) is 300 cm³/mol. The number of esters is 1. The summed E-state index contributed by atoms with van der Waals surface area (Å²) in [5, 5.41) is 8.65. The number of fused-ring (bicyclic) bond motifs is 7. The second kappa shape index (κ2) is 22.8. The van der Waals surface area contributed by atoms with Crippen LogP contribution in [0.4, 0.5) is 18.9 Å². The van der Waals surface area contributed by atoms with Crippen LogP contribution < -0.4 is 21.0 Å². The molecule has 2 aromatic heterocycles. The van der Waals surface area contributed by atoms with Gasteiger partial charge in [-0.1, -0.05) is 38.8 Å². The number of anilines is 1. The molecule has 0 radical (unpaired) electrons. The summed E-state index contributed by atoms with van der Waals surface area (Å²) in [6, 6.07) is 5.55. The number of methoxy groups -OCH3 is 1. The summed E-state index contributed by atoms with van der Waals surface area (Å²) >= 11 is 0. The molecule has 3 aromatic rings. The molecular weight excluding hydrogens is 1040 g/mol. The second-order valence-corrected chi connectivity index (χ2v) is 25.7. The minimum Gasteiger partial charge on any atom is -0.464 e. The lowest BCUT2D eigenvalue weighted by atomic mass is 9.84. The van der Waals surface area contributed by atoms with E-state index in [1.54, 1.807) is 13.2 Å². The summed E-state index contributed by atoms with van der Waals surface area (Å²) in [5.41, 5.74) is 7.53. The van der Waals surface area contributed by atoms with E-state index in [0.29, 0.717) is 105 Å². The third-order valence-electron chi connectivity index (χ3n) is 19.3. The van der Waals surface area contributed by atoms with E-state index in [0.717, 1.165) is 94.6 Å². The fraction of sp³-hybridized carbons (Fsp3) is 0.683. The van der Waals surface area contributed by atoms with Crippen molar-refractivity contribution in [3.05, 3.63) is 53.4 Å². The van der Waals surface area contributed by atoms with Crippen molar-refractivity contribution in [2.75, 3.05) is 117 Å². The van der Waals surface area contributed by atoms with Gasteiger partial charge in [-0.25, -0.2) is 5.43 Å². The van der Waals surface area contributed by atoms with E-state index in [9.17, 15) is 9.59 Å². The van der Waals surface area contributed by atoms with Crippen LogP contribution in [0.3, 0.4) is 0 Å². The Bertz CT molecular complexity index is 2910. The van der Waals surface area contributed by atoms with Gasteiger partial charge in [-0.2, -0.15) is 13.2 Å². The Labute approximate surface area is 473 Å². The van der Waals surface area contributed by atoms with Crippen LogP contribution in [0.1, 0.15) is 101 Å². The molecule has 6 bridgehead atoms. The highest BCUT2D eigenvalue weighted by Crippen LogP contribution is 2.46. The Morgan fingerprint density at radius 3 is 2.58 bits per heavy atom. The molecule has 1 aromatic carbocycles. The third-order valence-corrected chi connectivity index (χ3v) is 19.3. The van der Waals surface area contributed by atoms with Gasteiger partial charge in [0.15, 0.2) is 0 Å². The minimum atomic E-state index is -4.60. The van der Waals surface area contributed by atoms with E-state index in [1.807, 2.05) is 50.1 Å². The van der Waals surface area contributed by atoms with Gasteiger partial charge in [0, 0.05) is 113 Å². The van der Waals surface area contributed by atoms with Gasteiger partial charge in [0.25, 0.3) is 5.91 Å². The van der Waals surface area contributed by atoms with Crippen molar-refractivity contribution in [3.63, 3.8) is 0 Å². The second-order valence-electron chi connectivity index (χ2n) is 25.7. The van der Waals surface area contributed by atoms with Crippen LogP contribution in [0.2, 0.25) is 0 Å². The maximum atomic E-state index is 15.3. The quantitative estimate of drug-likeness (QED) is 0.180. The summed E-state index contributed by atoms with van der Waals surface area (Å²) in [5.74, 6) is -0.730. The number of morpholine rings is 1. The summed E-state index contributed by atoms with van der Waals surface area (Å²) in [7, 11) is 1.58. The van der Waals surface area contributed by atoms with Gasteiger partial charge < -0.3 is 39.2 Å². The first-order valence-electron chi connectivity index (χ1n) is 30.0. The van der Waals surface area contributed by atoms with E-state index < -0.39 is 48.3 Å². The smallest absolute Gasteiger partial charge is 0.406 e. The van der Waals surface area contributed by atoms with Crippen LogP contribution in [0.15, 0.2) is 36.5 Å². The highest BCUT2D eigenvalue weighted by Gasteiger charge is 2.51. The molecule has 1 spiro atoms. The Balaban J connectivity index is 0.901. The summed E-state index contributed by atoms with van der Waals surface area (Å²) in [4.78, 5) is 74.0. The molecule has 8 aliphatic heterocycles. The molecule has 3 amide bonds. The molecule has 21 heteroatoms. The van der Waals surface area contributed by atoms with Crippen molar-refractivity contribution in [2.45, 2.75) is 134 Å². The van der Waals surface area contributed by atoms with Crippen LogP contribution in [-0.2, 0) is 46.4 Å². The maximum Gasteiger partial charge on any atom is 0.406 e. The van der Waals surface area contributed by atoms with Crippen LogP contribution in [-0.4, -0.2) is 206 Å². The third kappa shape index (κ3) is 11.9. The molecule has 81 heavy (non-hydrogen) atoms. The number of halogens is 3. The van der Waals surface area contributed by atoms with Crippen LogP contribution in [0.25, 0.3) is 27.7 Å². The number of aromatic nitrogens is 2. The molecule has 7 fully saturated rings. The maximum absolute atomic E-state index is 15.3. The first kappa shape index (κ1) is 56.3. The lowest BCUT2D eigenvalue weighted by Gasteiger charge is -2.44. The summed E-state index contributed by atoms with van der Waals surface area (Å²) in [6.45, 7) is 14.0. The Hall–Kier alpha value is -5.16. The molecule has 6 saturated heterocycles. The van der Waals surface area contributed by atoms with Crippen molar-refractivity contribution in [3.8, 4) is 11.3 Å². The summed E-state index contributed by atoms with van der Waals surface area (Å²) < 4.78 is 65.2. The van der Waals surface area contributed by atoms with Crippen molar-refractivity contribution in [1.82, 2.24) is 50.2 Å². The van der Waals surface area contributed by atoms with E-state index >= 15 is 22.8 Å². The fourth-order valence-corrected chi connectivity index (χ4v) is 14.8. The SMILES string of the molecule is CO[C@@H](C)c1ncc(N2CCN3CCOC[C@@H]3C2)cc1-c1c2c3cc(ccc3n1CC(F)(F)F)C1=CCCN(C1)C[C@H](NC(=O)C(C1CCCC1)N1CC[C@]3(CCN(C(=O)[C@H]4CN4)C3)C1)C(=O)N1CCC[C@H](N1)C(=O)OCC(C)(C)C2. The van der Waals surface area contributed by atoms with Crippen molar-refractivity contribution < 1.29 is 46.6 Å². The molecule has 1 saturated carbocycles. The predicted octanol–water partition coefficient (Wildman–Crippen LogP) is 5.14. The number of pyridine rings is 1. The molecule has 1 aliphatic carbocycles. The average molecular weight is 1130 g/mol. The number of ether oxygens (including phenoxy) is 3. The molecule has 440 valence electrons. The number of hydrogen-bond acceptors (Lipinski definition) is 14. The molecule has 12 rings (SSSR count). The molecule has 18 nitrogen and oxygen atoms in total. The number of carbonyl (C=O) groups is 4. The van der Waals surface area contributed by atoms with Gasteiger partial charge in [-0.15, -0.1) is 0 Å². The van der Waals surface area contributed by atoms with Gasteiger partial charge in [0.05, 0.1) is 67.3 Å². The lowest BCUT2D eigenvalue weighted by molar-refractivity contribution is -0.155. The fourth-order valence-electron chi connectivity index (χ4n) is 14.8. The Morgan fingerprint density at radius 2 is 1.79 bits per heavy atom. The zero-order chi connectivity index (χ0) is 56.4. The highest BCUT2D eigenvalue weighted by atomic mass is 19.4. The zero-order valence-electron chi connectivity index (χ0n) is 47.7. The number of hydrazine groups is 1. The number of hydrogen-bond donors (Lipinski definition) is 3. The highest BCUT2D eigenvalue weighted by molar-refractivity contribution is 5.95. The van der Waals surface area contributed by atoms with Gasteiger partial charge >= 0.3 is 12.1 Å². The first-order chi connectivity index (χ1) is 38.9. The van der Waals surface area contributed by atoms with Crippen molar-refractivity contribution in [2.24, 2.45) is 16.7 Å². The van der Waals surface area contributed by atoms with Gasteiger partial charge in [-0.05, 0) is 106 Å². The standard InChI is InChI=1S/C60H82F3N11O7/c1-38(79-4)51-45(26-42(28-65-51)70-22-21-69-23-24-80-33-43(69)31-70)53-46-27-58(2,3)37-81-57(78)47-12-8-18-74(67-47)56(77)49(32-68-17-7-11-41(30-68)40-13-14-50(44(46)25-40)73(53)36-60(61,62)63)66-54(75)52(39-9-5-6-10-39)71-19-15-59(34-71)16-20-72(35-59)55(76)48-29-64-48/h11,13-14,25-26,28,38-39,43,47-49,52,64,67H,5-10,12,15-24,27,29-37H2,1-4H3,(H,66,75)/t38-,43-,47-,48+,49-,52?,59-/m0/s1. The number of carbonyl (C=O) groups excluding carboxylic acids is 4. The number of benzene rings is 1. The summed E-state index contributed by atoms with van der Waals surface area (Å²) in [6.07, 6.45) is 6.38. The minimum absolute atomic E-state index is 0.0540.